The van der Waals surface area contributed by atoms with Crippen LogP contribution in [0.1, 0.15) is 18.2 Å². The Morgan fingerprint density at radius 3 is 2.67 bits per heavy atom. The van der Waals surface area contributed by atoms with E-state index < -0.39 is 23.7 Å². The highest BCUT2D eigenvalue weighted by molar-refractivity contribution is 6.30. The van der Waals surface area contributed by atoms with Gasteiger partial charge >= 0.3 is 6.18 Å². The molecule has 0 bridgehead atoms. The van der Waals surface area contributed by atoms with Crippen molar-refractivity contribution in [2.45, 2.75) is 25.7 Å². The quantitative estimate of drug-likeness (QED) is 0.859. The normalized spacial score (nSPS) is 13.1. The van der Waals surface area contributed by atoms with E-state index in [-0.39, 0.29) is 10.7 Å². The molecule has 0 radical (unpaired) electrons. The highest BCUT2D eigenvalue weighted by Crippen LogP contribution is 2.36. The van der Waals surface area contributed by atoms with E-state index in [1.165, 1.54) is 12.3 Å². The number of hydrogen-bond acceptors (Lipinski definition) is 3. The Morgan fingerprint density at radius 2 is 2.08 bits per heavy atom. The van der Waals surface area contributed by atoms with Crippen molar-refractivity contribution in [3.8, 4) is 0 Å². The maximum atomic E-state index is 13.1. The Hall–Kier alpha value is -1.99. The summed E-state index contributed by atoms with van der Waals surface area (Å²) in [7, 11) is 1.68. The van der Waals surface area contributed by atoms with E-state index in [9.17, 15) is 18.0 Å². The summed E-state index contributed by atoms with van der Waals surface area (Å²) in [5.74, 6) is 0.0940. The van der Waals surface area contributed by atoms with Gasteiger partial charge in [0.2, 0.25) is 5.91 Å². The number of benzene rings is 1. The number of rotatable bonds is 5. The third-order valence-corrected chi connectivity index (χ3v) is 3.81. The third kappa shape index (κ3) is 4.52. The van der Waals surface area contributed by atoms with Crippen LogP contribution in [0.4, 0.5) is 18.9 Å². The van der Waals surface area contributed by atoms with E-state index in [1.807, 2.05) is 0 Å². The third-order valence-electron chi connectivity index (χ3n) is 3.57. The fraction of sp³-hybridized carbons (Fsp3) is 0.312. The van der Waals surface area contributed by atoms with Crippen LogP contribution in [0.3, 0.4) is 0 Å². The number of amides is 1. The second kappa shape index (κ2) is 7.27. The lowest BCUT2D eigenvalue weighted by Crippen LogP contribution is -2.39. The first-order valence-corrected chi connectivity index (χ1v) is 7.46. The zero-order chi connectivity index (χ0) is 17.9. The minimum Gasteiger partial charge on any atom is -0.468 e. The lowest BCUT2D eigenvalue weighted by atomic mass is 10.1. The van der Waals surface area contributed by atoms with E-state index in [0.717, 1.165) is 12.1 Å². The van der Waals surface area contributed by atoms with Crippen molar-refractivity contribution < 1.29 is 22.4 Å². The van der Waals surface area contributed by atoms with Gasteiger partial charge in [0.05, 0.1) is 30.1 Å². The predicted octanol–water partition coefficient (Wildman–Crippen LogP) is 4.41. The molecule has 8 heteroatoms. The highest BCUT2D eigenvalue weighted by Gasteiger charge is 2.34. The molecule has 1 aromatic carbocycles. The second-order valence-electron chi connectivity index (χ2n) is 5.35. The Bertz CT molecular complexity index is 702. The molecule has 0 fully saturated rings. The Balaban J connectivity index is 2.11. The van der Waals surface area contributed by atoms with Crippen molar-refractivity contribution in [2.75, 3.05) is 12.4 Å². The van der Waals surface area contributed by atoms with Crippen LogP contribution in [0.25, 0.3) is 0 Å². The van der Waals surface area contributed by atoms with Gasteiger partial charge in [-0.15, -0.1) is 0 Å². The average Bonchev–Trinajstić information content (AvgIpc) is 3.00. The van der Waals surface area contributed by atoms with Gasteiger partial charge in [-0.2, -0.15) is 13.2 Å². The van der Waals surface area contributed by atoms with Gasteiger partial charge in [0.15, 0.2) is 0 Å². The predicted molar refractivity (Wildman–Crippen MR) is 84.7 cm³/mol. The SMILES string of the molecule is C[C@H](C(=O)Nc1ccc(Cl)cc1C(F)(F)F)N(C)Cc1ccco1. The molecule has 1 aromatic heterocycles. The van der Waals surface area contributed by atoms with Crippen LogP contribution in [0, 0.1) is 0 Å². The molecule has 0 saturated carbocycles. The van der Waals surface area contributed by atoms with Crippen molar-refractivity contribution in [3.05, 3.63) is 52.9 Å². The zero-order valence-corrected chi connectivity index (χ0v) is 13.8. The first-order chi connectivity index (χ1) is 11.2. The molecule has 0 aliphatic rings. The number of carbonyl (C=O) groups excluding carboxylic acids is 1. The summed E-state index contributed by atoms with van der Waals surface area (Å²) in [5.41, 5.74) is -1.31. The Labute approximate surface area is 142 Å². The number of nitrogens with one attached hydrogen (secondary N) is 1. The van der Waals surface area contributed by atoms with Crippen LogP contribution in [-0.2, 0) is 17.5 Å². The standard InChI is InChI=1S/C16H16ClF3N2O2/c1-10(22(2)9-12-4-3-7-24-12)15(23)21-14-6-5-11(17)8-13(14)16(18,19)20/h3-8,10H,9H2,1-2H3,(H,21,23)/t10-/m1/s1. The number of halogens is 4. The van der Waals surface area contributed by atoms with Crippen molar-refractivity contribution in [1.29, 1.82) is 0 Å². The number of carbonyl (C=O) groups is 1. The molecule has 0 saturated heterocycles. The molecule has 2 aromatic rings. The van der Waals surface area contributed by atoms with Crippen molar-refractivity contribution >= 4 is 23.2 Å². The fourth-order valence-electron chi connectivity index (χ4n) is 2.08. The van der Waals surface area contributed by atoms with Gasteiger partial charge < -0.3 is 9.73 Å². The summed E-state index contributed by atoms with van der Waals surface area (Å²) in [4.78, 5) is 13.9. The molecule has 0 aliphatic carbocycles. The molecule has 0 spiro atoms. The van der Waals surface area contributed by atoms with E-state index >= 15 is 0 Å². The highest BCUT2D eigenvalue weighted by atomic mass is 35.5. The minimum absolute atomic E-state index is 0.0525. The van der Waals surface area contributed by atoms with Crippen molar-refractivity contribution in [2.24, 2.45) is 0 Å². The minimum atomic E-state index is -4.61. The Kier molecular flexibility index (Phi) is 5.56. The van der Waals surface area contributed by atoms with Crippen molar-refractivity contribution in [1.82, 2.24) is 4.90 Å². The van der Waals surface area contributed by atoms with E-state index in [4.69, 9.17) is 16.0 Å². The molecule has 130 valence electrons. The van der Waals surface area contributed by atoms with Gasteiger partial charge in [0, 0.05) is 5.02 Å². The summed E-state index contributed by atoms with van der Waals surface area (Å²) >= 11 is 5.62. The molecule has 1 amide bonds. The fourth-order valence-corrected chi connectivity index (χ4v) is 2.25. The largest absolute Gasteiger partial charge is 0.468 e. The topological polar surface area (TPSA) is 45.5 Å². The number of nitrogens with zero attached hydrogens (tertiary/aromatic N) is 1. The number of anilines is 1. The van der Waals surface area contributed by atoms with Crippen LogP contribution in [0.15, 0.2) is 41.0 Å². The number of furan rings is 1. The van der Waals surface area contributed by atoms with Gasteiger partial charge in [-0.1, -0.05) is 11.6 Å². The lowest BCUT2D eigenvalue weighted by molar-refractivity contribution is -0.137. The molecule has 1 heterocycles. The van der Waals surface area contributed by atoms with Crippen LogP contribution in [0.2, 0.25) is 5.02 Å². The van der Waals surface area contributed by atoms with Gasteiger partial charge in [0.1, 0.15) is 5.76 Å². The number of alkyl halides is 3. The molecule has 2 rings (SSSR count). The van der Waals surface area contributed by atoms with Crippen LogP contribution in [-0.4, -0.2) is 23.9 Å². The Morgan fingerprint density at radius 1 is 1.38 bits per heavy atom. The summed E-state index contributed by atoms with van der Waals surface area (Å²) in [6.07, 6.45) is -3.10. The van der Waals surface area contributed by atoms with Gasteiger partial charge in [-0.25, -0.2) is 0 Å². The number of hydrogen-bond donors (Lipinski definition) is 1. The molecule has 4 nitrogen and oxygen atoms in total. The molecular formula is C16H16ClF3N2O2. The summed E-state index contributed by atoms with van der Waals surface area (Å²) < 4.78 is 44.4. The summed E-state index contributed by atoms with van der Waals surface area (Å²) in [6.45, 7) is 1.95. The molecule has 24 heavy (non-hydrogen) atoms. The molecule has 1 atom stereocenters. The lowest BCUT2D eigenvalue weighted by Gasteiger charge is -2.23. The molecule has 0 aliphatic heterocycles. The van der Waals surface area contributed by atoms with E-state index in [0.29, 0.717) is 12.3 Å². The van der Waals surface area contributed by atoms with E-state index in [2.05, 4.69) is 5.32 Å². The van der Waals surface area contributed by atoms with Crippen molar-refractivity contribution in [3.63, 3.8) is 0 Å². The molecular weight excluding hydrogens is 345 g/mol. The van der Waals surface area contributed by atoms with E-state index in [1.54, 1.807) is 31.0 Å². The van der Waals surface area contributed by atoms with Crippen LogP contribution >= 0.6 is 11.6 Å². The summed E-state index contributed by atoms with van der Waals surface area (Å²) in [6, 6.07) is 6.03. The second-order valence-corrected chi connectivity index (χ2v) is 5.78. The first-order valence-electron chi connectivity index (χ1n) is 7.08. The van der Waals surface area contributed by atoms with Crippen LogP contribution < -0.4 is 5.32 Å². The number of likely N-dealkylation sites (N-methyl/N-ethyl adjacent to an activating group) is 1. The molecule has 0 unspecified atom stereocenters. The average molecular weight is 361 g/mol. The maximum absolute atomic E-state index is 13.1. The van der Waals surface area contributed by atoms with Gasteiger partial charge in [-0.05, 0) is 44.3 Å². The monoisotopic (exact) mass is 360 g/mol. The smallest absolute Gasteiger partial charge is 0.418 e. The van der Waals surface area contributed by atoms with Gasteiger partial charge in [0.25, 0.3) is 0 Å². The molecule has 1 N–H and O–H groups in total. The summed E-state index contributed by atoms with van der Waals surface area (Å²) in [5, 5.41) is 2.26. The van der Waals surface area contributed by atoms with Gasteiger partial charge in [-0.3, -0.25) is 9.69 Å². The maximum Gasteiger partial charge on any atom is 0.418 e. The first kappa shape index (κ1) is 18.4. The van der Waals surface area contributed by atoms with Crippen LogP contribution in [0.5, 0.6) is 0 Å². The zero-order valence-electron chi connectivity index (χ0n) is 13.0.